The lowest BCUT2D eigenvalue weighted by Gasteiger charge is -2.11. The molecule has 0 bridgehead atoms. The van der Waals surface area contributed by atoms with Gasteiger partial charge in [0.15, 0.2) is 29.7 Å². The predicted octanol–water partition coefficient (Wildman–Crippen LogP) is 2.84. The Morgan fingerprint density at radius 1 is 1.04 bits per heavy atom. The van der Waals surface area contributed by atoms with E-state index < -0.39 is 5.91 Å². The molecule has 0 saturated carbocycles. The highest BCUT2D eigenvalue weighted by Crippen LogP contribution is 2.37. The number of nitrogens with one attached hydrogen (secondary N) is 1. The Morgan fingerprint density at radius 2 is 1.77 bits per heavy atom. The van der Waals surface area contributed by atoms with Crippen molar-refractivity contribution >= 4 is 23.2 Å². The van der Waals surface area contributed by atoms with E-state index in [1.165, 1.54) is 19.9 Å². The number of benzene rings is 2. The van der Waals surface area contributed by atoms with Crippen molar-refractivity contribution < 1.29 is 28.6 Å². The fourth-order valence-electron chi connectivity index (χ4n) is 2.48. The quantitative estimate of drug-likeness (QED) is 0.801. The van der Waals surface area contributed by atoms with Crippen LogP contribution >= 0.6 is 0 Å². The number of carbonyl (C=O) groups excluding carboxylic acids is 3. The molecule has 3 rings (SSSR count). The minimum atomic E-state index is -0.445. The summed E-state index contributed by atoms with van der Waals surface area (Å²) in [7, 11) is 0. The number of amides is 1. The van der Waals surface area contributed by atoms with E-state index in [9.17, 15) is 14.4 Å². The topological polar surface area (TPSA) is 90.9 Å². The Labute approximate surface area is 149 Å². The predicted molar refractivity (Wildman–Crippen MR) is 93.1 cm³/mol. The normalized spacial score (nSPS) is 11.8. The Kier molecular flexibility index (Phi) is 4.88. The molecule has 1 aliphatic rings. The van der Waals surface area contributed by atoms with Crippen LogP contribution in [0.5, 0.6) is 17.2 Å². The largest absolute Gasteiger partial charge is 0.484 e. The summed E-state index contributed by atoms with van der Waals surface area (Å²) in [6, 6.07) is 9.65. The van der Waals surface area contributed by atoms with Gasteiger partial charge in [0, 0.05) is 17.2 Å². The van der Waals surface area contributed by atoms with Gasteiger partial charge in [-0.05, 0) is 32.0 Å². The molecule has 2 aromatic rings. The van der Waals surface area contributed by atoms with Crippen LogP contribution in [0.4, 0.5) is 5.69 Å². The number of hydrogen-bond donors (Lipinski definition) is 1. The van der Waals surface area contributed by atoms with Gasteiger partial charge in [-0.3, -0.25) is 14.4 Å². The highest BCUT2D eigenvalue weighted by Gasteiger charge is 2.20. The third kappa shape index (κ3) is 3.83. The van der Waals surface area contributed by atoms with Crippen LogP contribution in [0.1, 0.15) is 34.6 Å². The van der Waals surface area contributed by atoms with Crippen LogP contribution in [0.25, 0.3) is 0 Å². The standard InChI is InChI=1S/C19H17NO6/c1-11(21)13-4-3-5-14(6-13)24-9-19(23)20-16-8-18-17(25-10-26-18)7-15(16)12(2)22/h3-8H,9-10H2,1-2H3,(H,20,23). The van der Waals surface area contributed by atoms with Crippen molar-refractivity contribution in [3.63, 3.8) is 0 Å². The lowest BCUT2D eigenvalue weighted by molar-refractivity contribution is -0.118. The third-order valence-electron chi connectivity index (χ3n) is 3.78. The molecule has 1 amide bonds. The van der Waals surface area contributed by atoms with Crippen LogP contribution in [0.2, 0.25) is 0 Å². The third-order valence-corrected chi connectivity index (χ3v) is 3.78. The molecule has 0 aromatic heterocycles. The summed E-state index contributed by atoms with van der Waals surface area (Å²) in [5.41, 5.74) is 1.14. The van der Waals surface area contributed by atoms with Crippen LogP contribution in [0.3, 0.4) is 0 Å². The van der Waals surface area contributed by atoms with Crippen molar-refractivity contribution in [3.8, 4) is 17.2 Å². The fraction of sp³-hybridized carbons (Fsp3) is 0.211. The van der Waals surface area contributed by atoms with Crippen LogP contribution in [-0.2, 0) is 4.79 Å². The first-order valence-corrected chi connectivity index (χ1v) is 7.92. The summed E-state index contributed by atoms with van der Waals surface area (Å²) in [6.07, 6.45) is 0. The molecule has 1 heterocycles. The molecule has 134 valence electrons. The molecule has 7 nitrogen and oxygen atoms in total. The van der Waals surface area contributed by atoms with Gasteiger partial charge in [-0.1, -0.05) is 12.1 Å². The molecule has 0 atom stereocenters. The first-order valence-electron chi connectivity index (χ1n) is 7.92. The SMILES string of the molecule is CC(=O)c1cccc(OCC(=O)Nc2cc3c(cc2C(C)=O)OCO3)c1. The van der Waals surface area contributed by atoms with Crippen molar-refractivity contribution in [3.05, 3.63) is 47.5 Å². The van der Waals surface area contributed by atoms with E-state index in [1.54, 1.807) is 30.3 Å². The van der Waals surface area contributed by atoms with Crippen molar-refractivity contribution in [1.82, 2.24) is 0 Å². The Hall–Kier alpha value is -3.35. The maximum absolute atomic E-state index is 12.2. The maximum atomic E-state index is 12.2. The summed E-state index contributed by atoms with van der Waals surface area (Å²) >= 11 is 0. The maximum Gasteiger partial charge on any atom is 0.262 e. The molecular weight excluding hydrogens is 338 g/mol. The van der Waals surface area contributed by atoms with Gasteiger partial charge in [0.05, 0.1) is 5.69 Å². The minimum absolute atomic E-state index is 0.0691. The number of ketones is 2. The van der Waals surface area contributed by atoms with Gasteiger partial charge in [-0.15, -0.1) is 0 Å². The molecule has 26 heavy (non-hydrogen) atoms. The van der Waals surface area contributed by atoms with E-state index in [4.69, 9.17) is 14.2 Å². The zero-order valence-electron chi connectivity index (χ0n) is 14.3. The number of Topliss-reactive ketones (excluding diaryl/α,β-unsaturated/α-hetero) is 2. The van der Waals surface area contributed by atoms with Crippen molar-refractivity contribution in [2.24, 2.45) is 0 Å². The van der Waals surface area contributed by atoms with Crippen LogP contribution in [-0.4, -0.2) is 30.9 Å². The van der Waals surface area contributed by atoms with Gasteiger partial charge in [-0.2, -0.15) is 0 Å². The summed E-state index contributed by atoms with van der Waals surface area (Å²) in [4.78, 5) is 35.4. The average Bonchev–Trinajstić information content (AvgIpc) is 3.06. The molecule has 1 N–H and O–H groups in total. The molecule has 0 saturated heterocycles. The van der Waals surface area contributed by atoms with Crippen molar-refractivity contribution in [2.45, 2.75) is 13.8 Å². The smallest absolute Gasteiger partial charge is 0.262 e. The molecule has 2 aromatic carbocycles. The second-order valence-electron chi connectivity index (χ2n) is 5.73. The van der Waals surface area contributed by atoms with Gasteiger partial charge in [0.1, 0.15) is 5.75 Å². The van der Waals surface area contributed by atoms with E-state index in [1.807, 2.05) is 0 Å². The Balaban J connectivity index is 1.69. The first-order chi connectivity index (χ1) is 12.4. The Morgan fingerprint density at radius 3 is 2.46 bits per heavy atom. The number of fused-ring (bicyclic) bond motifs is 1. The number of hydrogen-bond acceptors (Lipinski definition) is 6. The Bertz CT molecular complexity index is 890. The van der Waals surface area contributed by atoms with E-state index in [2.05, 4.69) is 5.32 Å². The molecule has 0 unspecified atom stereocenters. The number of carbonyl (C=O) groups is 3. The van der Waals surface area contributed by atoms with Gasteiger partial charge in [0.2, 0.25) is 6.79 Å². The summed E-state index contributed by atoms with van der Waals surface area (Å²) < 4.78 is 15.9. The van der Waals surface area contributed by atoms with E-state index in [0.717, 1.165) is 0 Å². The molecule has 0 radical (unpaired) electrons. The number of ether oxygens (including phenoxy) is 3. The number of rotatable bonds is 6. The van der Waals surface area contributed by atoms with Gasteiger partial charge >= 0.3 is 0 Å². The van der Waals surface area contributed by atoms with Crippen LogP contribution in [0.15, 0.2) is 36.4 Å². The summed E-state index contributed by atoms with van der Waals surface area (Å²) in [5.74, 6) is 0.579. The van der Waals surface area contributed by atoms with Crippen molar-refractivity contribution in [1.29, 1.82) is 0 Å². The van der Waals surface area contributed by atoms with E-state index in [-0.39, 0.29) is 25.0 Å². The lowest BCUT2D eigenvalue weighted by atomic mass is 10.1. The molecule has 1 aliphatic heterocycles. The van der Waals surface area contributed by atoms with Crippen molar-refractivity contribution in [2.75, 3.05) is 18.7 Å². The van der Waals surface area contributed by atoms with E-state index >= 15 is 0 Å². The highest BCUT2D eigenvalue weighted by molar-refractivity contribution is 6.05. The minimum Gasteiger partial charge on any atom is -0.484 e. The lowest BCUT2D eigenvalue weighted by Crippen LogP contribution is -2.21. The second kappa shape index (κ2) is 7.26. The number of anilines is 1. The monoisotopic (exact) mass is 355 g/mol. The van der Waals surface area contributed by atoms with E-state index in [0.29, 0.717) is 34.1 Å². The van der Waals surface area contributed by atoms with Gasteiger partial charge in [0.25, 0.3) is 5.91 Å². The average molecular weight is 355 g/mol. The summed E-state index contributed by atoms with van der Waals surface area (Å²) in [6.45, 7) is 2.65. The zero-order chi connectivity index (χ0) is 18.7. The first kappa shape index (κ1) is 17.5. The molecule has 0 fully saturated rings. The highest BCUT2D eigenvalue weighted by atomic mass is 16.7. The summed E-state index contributed by atoms with van der Waals surface area (Å²) in [5, 5.41) is 2.64. The molecule has 0 aliphatic carbocycles. The fourth-order valence-corrected chi connectivity index (χ4v) is 2.48. The molecule has 7 heteroatoms. The second-order valence-corrected chi connectivity index (χ2v) is 5.73. The molecule has 0 spiro atoms. The van der Waals surface area contributed by atoms with Crippen LogP contribution < -0.4 is 19.5 Å². The zero-order valence-corrected chi connectivity index (χ0v) is 14.3. The van der Waals surface area contributed by atoms with Gasteiger partial charge < -0.3 is 19.5 Å². The van der Waals surface area contributed by atoms with Gasteiger partial charge in [-0.25, -0.2) is 0 Å². The van der Waals surface area contributed by atoms with Crippen LogP contribution in [0, 0.1) is 0 Å². The molecular formula is C19H17NO6.